The van der Waals surface area contributed by atoms with Crippen molar-refractivity contribution in [3.05, 3.63) is 48.0 Å². The molecule has 2 aromatic rings. The van der Waals surface area contributed by atoms with E-state index in [9.17, 15) is 26.4 Å². The third-order valence-electron chi connectivity index (χ3n) is 3.20. The first kappa shape index (κ1) is 18.7. The fraction of sp³-hybridized carbons (Fsp3) is 0.133. The first-order valence-electron chi connectivity index (χ1n) is 6.70. The topological polar surface area (TPSA) is 92.7 Å². The molecular formula is C15H12F3NO5S. The standard InChI is InChI=1S/C15H12F3NO5S/c1-19-25(22,23)11-5-2-9(3-6-11)10-4-7-13(24-15(16,17)18)12(8-10)14(20)21/h2-8,19H,1H3,(H,20,21). The van der Waals surface area contributed by atoms with Crippen molar-refractivity contribution in [2.75, 3.05) is 7.05 Å². The van der Waals surface area contributed by atoms with E-state index in [-0.39, 0.29) is 4.90 Å². The minimum atomic E-state index is -5.02. The van der Waals surface area contributed by atoms with Crippen LogP contribution in [-0.4, -0.2) is 32.9 Å². The van der Waals surface area contributed by atoms with Crippen molar-refractivity contribution >= 4 is 16.0 Å². The maximum atomic E-state index is 12.3. The first-order chi connectivity index (χ1) is 11.5. The highest BCUT2D eigenvalue weighted by Gasteiger charge is 2.33. The molecule has 0 atom stereocenters. The number of rotatable bonds is 5. The lowest BCUT2D eigenvalue weighted by Gasteiger charge is -2.12. The summed E-state index contributed by atoms with van der Waals surface area (Å²) in [6.07, 6.45) is -5.02. The predicted octanol–water partition coefficient (Wildman–Crippen LogP) is 2.86. The van der Waals surface area contributed by atoms with Gasteiger partial charge in [0.15, 0.2) is 0 Å². The maximum absolute atomic E-state index is 12.3. The molecule has 0 bridgehead atoms. The average molecular weight is 375 g/mol. The smallest absolute Gasteiger partial charge is 0.478 e. The highest BCUT2D eigenvalue weighted by molar-refractivity contribution is 7.89. The Kier molecular flexibility index (Phi) is 5.04. The van der Waals surface area contributed by atoms with Gasteiger partial charge in [-0.3, -0.25) is 0 Å². The van der Waals surface area contributed by atoms with Crippen LogP contribution in [0.1, 0.15) is 10.4 Å². The van der Waals surface area contributed by atoms with Crippen molar-refractivity contribution in [1.29, 1.82) is 0 Å². The van der Waals surface area contributed by atoms with E-state index in [0.29, 0.717) is 11.1 Å². The first-order valence-corrected chi connectivity index (χ1v) is 8.19. The molecule has 10 heteroatoms. The number of carboxylic acid groups (broad SMARTS) is 1. The van der Waals surface area contributed by atoms with Gasteiger partial charge in [-0.05, 0) is 42.4 Å². The Morgan fingerprint density at radius 1 is 1.08 bits per heavy atom. The van der Waals surface area contributed by atoms with Crippen molar-refractivity contribution in [3.8, 4) is 16.9 Å². The second kappa shape index (κ2) is 6.73. The summed E-state index contributed by atoms with van der Waals surface area (Å²) >= 11 is 0. The van der Waals surface area contributed by atoms with E-state index in [1.54, 1.807) is 0 Å². The SMILES string of the molecule is CNS(=O)(=O)c1ccc(-c2ccc(OC(F)(F)F)c(C(=O)O)c2)cc1. The molecule has 2 rings (SSSR count). The van der Waals surface area contributed by atoms with Gasteiger partial charge in [-0.2, -0.15) is 0 Å². The summed E-state index contributed by atoms with van der Waals surface area (Å²) in [5.74, 6) is -2.42. The molecule has 0 aromatic heterocycles. The van der Waals surface area contributed by atoms with Gasteiger partial charge in [0, 0.05) is 0 Å². The number of sulfonamides is 1. The molecule has 2 N–H and O–H groups in total. The van der Waals surface area contributed by atoms with Gasteiger partial charge < -0.3 is 9.84 Å². The summed E-state index contributed by atoms with van der Waals surface area (Å²) in [6.45, 7) is 0. The maximum Gasteiger partial charge on any atom is 0.573 e. The van der Waals surface area contributed by atoms with Crippen LogP contribution < -0.4 is 9.46 Å². The van der Waals surface area contributed by atoms with Crippen LogP contribution in [0.2, 0.25) is 0 Å². The number of aromatic carboxylic acids is 1. The third-order valence-corrected chi connectivity index (χ3v) is 4.63. The molecule has 0 fully saturated rings. The molecule has 0 saturated heterocycles. The summed E-state index contributed by atoms with van der Waals surface area (Å²) in [6, 6.07) is 8.57. The van der Waals surface area contributed by atoms with Crippen molar-refractivity contribution in [2.24, 2.45) is 0 Å². The molecule has 0 unspecified atom stereocenters. The lowest BCUT2D eigenvalue weighted by atomic mass is 10.0. The Bertz CT molecular complexity index is 892. The molecule has 0 saturated carbocycles. The van der Waals surface area contributed by atoms with E-state index in [1.807, 2.05) is 0 Å². The van der Waals surface area contributed by atoms with Gasteiger partial charge >= 0.3 is 12.3 Å². The van der Waals surface area contributed by atoms with Crippen LogP contribution in [-0.2, 0) is 10.0 Å². The Balaban J connectivity index is 2.43. The van der Waals surface area contributed by atoms with Gasteiger partial charge in [0.2, 0.25) is 10.0 Å². The molecule has 0 aliphatic heterocycles. The molecule has 6 nitrogen and oxygen atoms in total. The van der Waals surface area contributed by atoms with Crippen molar-refractivity contribution in [1.82, 2.24) is 4.72 Å². The number of hydrogen-bond donors (Lipinski definition) is 2. The van der Waals surface area contributed by atoms with Gasteiger partial charge in [0.25, 0.3) is 0 Å². The zero-order chi connectivity index (χ0) is 18.8. The fourth-order valence-corrected chi connectivity index (χ4v) is 2.76. The van der Waals surface area contributed by atoms with Crippen molar-refractivity contribution in [3.63, 3.8) is 0 Å². The van der Waals surface area contributed by atoms with Crippen LogP contribution in [0.3, 0.4) is 0 Å². The van der Waals surface area contributed by atoms with Crippen molar-refractivity contribution in [2.45, 2.75) is 11.3 Å². The molecule has 0 aliphatic carbocycles. The molecule has 0 amide bonds. The number of carboxylic acids is 1. The van der Waals surface area contributed by atoms with Crippen LogP contribution in [0.5, 0.6) is 5.75 Å². The van der Waals surface area contributed by atoms with E-state index in [0.717, 1.165) is 12.1 Å². The number of nitrogens with one attached hydrogen (secondary N) is 1. The van der Waals surface area contributed by atoms with E-state index < -0.39 is 33.7 Å². The second-order valence-electron chi connectivity index (χ2n) is 4.80. The zero-order valence-electron chi connectivity index (χ0n) is 12.7. The summed E-state index contributed by atoms with van der Waals surface area (Å²) in [5.41, 5.74) is 0.0539. The molecule has 0 radical (unpaired) electrons. The van der Waals surface area contributed by atoms with Crippen LogP contribution >= 0.6 is 0 Å². The quantitative estimate of drug-likeness (QED) is 0.838. The largest absolute Gasteiger partial charge is 0.573 e. The number of carbonyl (C=O) groups is 1. The monoisotopic (exact) mass is 375 g/mol. The Morgan fingerprint density at radius 3 is 2.12 bits per heavy atom. The van der Waals surface area contributed by atoms with E-state index in [4.69, 9.17) is 5.11 Å². The lowest BCUT2D eigenvalue weighted by Crippen LogP contribution is -2.19. The Labute approximate surface area is 140 Å². The normalized spacial score (nSPS) is 12.0. The summed E-state index contributed by atoms with van der Waals surface area (Å²) in [4.78, 5) is 11.2. The molecule has 0 spiro atoms. The molecule has 134 valence electrons. The molecule has 2 aromatic carbocycles. The Morgan fingerprint density at radius 2 is 1.64 bits per heavy atom. The molecule has 25 heavy (non-hydrogen) atoms. The highest BCUT2D eigenvalue weighted by Crippen LogP contribution is 2.31. The van der Waals surface area contributed by atoms with Crippen LogP contribution in [0.25, 0.3) is 11.1 Å². The number of halogens is 3. The summed E-state index contributed by atoms with van der Waals surface area (Å²) in [7, 11) is -2.38. The second-order valence-corrected chi connectivity index (χ2v) is 6.68. The molecule has 0 heterocycles. The van der Waals surface area contributed by atoms with Crippen LogP contribution in [0, 0.1) is 0 Å². The van der Waals surface area contributed by atoms with Gasteiger partial charge in [-0.1, -0.05) is 18.2 Å². The third kappa shape index (κ3) is 4.48. The minimum Gasteiger partial charge on any atom is -0.478 e. The average Bonchev–Trinajstić information content (AvgIpc) is 2.53. The number of alkyl halides is 3. The summed E-state index contributed by atoms with van der Waals surface area (Å²) < 4.78 is 66.1. The fourth-order valence-electron chi connectivity index (χ4n) is 2.03. The minimum absolute atomic E-state index is 0.00534. The van der Waals surface area contributed by atoms with E-state index in [2.05, 4.69) is 9.46 Å². The van der Waals surface area contributed by atoms with E-state index >= 15 is 0 Å². The highest BCUT2D eigenvalue weighted by atomic mass is 32.2. The van der Waals surface area contributed by atoms with Crippen LogP contribution in [0.4, 0.5) is 13.2 Å². The van der Waals surface area contributed by atoms with E-state index in [1.165, 1.54) is 37.4 Å². The number of hydrogen-bond acceptors (Lipinski definition) is 4. The number of benzene rings is 2. The number of ether oxygens (including phenoxy) is 1. The van der Waals surface area contributed by atoms with Gasteiger partial charge in [-0.15, -0.1) is 13.2 Å². The zero-order valence-corrected chi connectivity index (χ0v) is 13.5. The summed E-state index contributed by atoms with van der Waals surface area (Å²) in [5, 5.41) is 9.08. The van der Waals surface area contributed by atoms with Gasteiger partial charge in [0.05, 0.1) is 4.90 Å². The molecular weight excluding hydrogens is 363 g/mol. The van der Waals surface area contributed by atoms with Gasteiger partial charge in [-0.25, -0.2) is 17.9 Å². The van der Waals surface area contributed by atoms with Crippen LogP contribution in [0.15, 0.2) is 47.4 Å². The van der Waals surface area contributed by atoms with Gasteiger partial charge in [0.1, 0.15) is 11.3 Å². The lowest BCUT2D eigenvalue weighted by molar-refractivity contribution is -0.274. The Hall–Kier alpha value is -2.59. The van der Waals surface area contributed by atoms with Crippen molar-refractivity contribution < 1.29 is 36.2 Å². The predicted molar refractivity (Wildman–Crippen MR) is 81.8 cm³/mol. The molecule has 0 aliphatic rings.